The number of alkyl halides is 3. The highest BCUT2D eigenvalue weighted by Gasteiger charge is 2.37. The summed E-state index contributed by atoms with van der Waals surface area (Å²) in [6.07, 6.45) is -1.24. The van der Waals surface area contributed by atoms with Gasteiger partial charge in [-0.25, -0.2) is 4.68 Å². The lowest BCUT2D eigenvalue weighted by Gasteiger charge is -2.07. The number of ether oxygens (including phenoxy) is 1. The van der Waals surface area contributed by atoms with Crippen LogP contribution >= 0.6 is 11.8 Å². The van der Waals surface area contributed by atoms with Crippen LogP contribution in [0, 0.1) is 0 Å². The molecule has 0 aliphatic heterocycles. The lowest BCUT2D eigenvalue weighted by Crippen LogP contribution is -2.08. The molecule has 4 rings (SSSR count). The van der Waals surface area contributed by atoms with Crippen LogP contribution in [0.4, 0.5) is 13.2 Å². The number of benzene rings is 3. The van der Waals surface area contributed by atoms with Crippen LogP contribution < -0.4 is 4.74 Å². The molecule has 0 bridgehead atoms. The number of para-hydroxylation sites is 1. The van der Waals surface area contributed by atoms with Gasteiger partial charge in [0.05, 0.1) is 5.69 Å². The summed E-state index contributed by atoms with van der Waals surface area (Å²) in [5, 5.41) is 3.83. The molecule has 30 heavy (non-hydrogen) atoms. The number of hydrogen-bond acceptors (Lipinski definition) is 3. The zero-order valence-corrected chi connectivity index (χ0v) is 16.7. The van der Waals surface area contributed by atoms with Gasteiger partial charge in [-0.1, -0.05) is 30.3 Å². The van der Waals surface area contributed by atoms with Crippen molar-refractivity contribution in [1.29, 1.82) is 0 Å². The Hall–Kier alpha value is -3.19. The highest BCUT2D eigenvalue weighted by Crippen LogP contribution is 2.37. The van der Waals surface area contributed by atoms with Crippen LogP contribution in [0.3, 0.4) is 0 Å². The van der Waals surface area contributed by atoms with Gasteiger partial charge in [-0.2, -0.15) is 18.3 Å². The Bertz CT molecular complexity index is 1120. The summed E-state index contributed by atoms with van der Waals surface area (Å²) in [5.41, 5.74) is 0.104. The van der Waals surface area contributed by atoms with Crippen LogP contribution in [0.25, 0.3) is 16.8 Å². The van der Waals surface area contributed by atoms with E-state index in [2.05, 4.69) is 5.10 Å². The standard InChI is InChI=1S/C23H17F3N2OS/c1-30-20-13-7-16(8-14-20)21-15-28(27-22(21)23(24,25)26)17-9-11-19(12-10-17)29-18-5-3-2-4-6-18/h2-15H,1H3. The highest BCUT2D eigenvalue weighted by molar-refractivity contribution is 7.98. The fourth-order valence-corrected chi connectivity index (χ4v) is 3.40. The number of hydrogen-bond donors (Lipinski definition) is 0. The molecule has 0 N–H and O–H groups in total. The Balaban J connectivity index is 1.66. The molecule has 4 aromatic rings. The summed E-state index contributed by atoms with van der Waals surface area (Å²) < 4.78 is 47.8. The summed E-state index contributed by atoms with van der Waals surface area (Å²) >= 11 is 1.53. The Morgan fingerprint density at radius 2 is 1.47 bits per heavy atom. The van der Waals surface area contributed by atoms with Crippen molar-refractivity contribution in [3.63, 3.8) is 0 Å². The van der Waals surface area contributed by atoms with E-state index in [-0.39, 0.29) is 5.56 Å². The maximum Gasteiger partial charge on any atom is 0.435 e. The minimum atomic E-state index is -4.56. The van der Waals surface area contributed by atoms with E-state index in [1.165, 1.54) is 22.6 Å². The van der Waals surface area contributed by atoms with Crippen LogP contribution in [-0.4, -0.2) is 16.0 Å². The molecule has 7 heteroatoms. The first kappa shape index (κ1) is 20.1. The molecule has 0 unspecified atom stereocenters. The second-order valence-corrected chi connectivity index (χ2v) is 7.35. The third-order valence-electron chi connectivity index (χ3n) is 4.46. The highest BCUT2D eigenvalue weighted by atomic mass is 32.2. The lowest BCUT2D eigenvalue weighted by molar-refractivity contribution is -0.140. The van der Waals surface area contributed by atoms with E-state index >= 15 is 0 Å². The van der Waals surface area contributed by atoms with Crippen molar-refractivity contribution in [1.82, 2.24) is 9.78 Å². The van der Waals surface area contributed by atoms with Gasteiger partial charge in [-0.05, 0) is 60.4 Å². The van der Waals surface area contributed by atoms with E-state index in [1.54, 1.807) is 48.5 Å². The molecule has 3 aromatic carbocycles. The van der Waals surface area contributed by atoms with Crippen LogP contribution in [0.2, 0.25) is 0 Å². The normalized spacial score (nSPS) is 11.5. The van der Waals surface area contributed by atoms with E-state index < -0.39 is 11.9 Å². The molecular weight excluding hydrogens is 409 g/mol. The average molecular weight is 426 g/mol. The molecule has 0 saturated heterocycles. The van der Waals surface area contributed by atoms with Crippen LogP contribution in [0.5, 0.6) is 11.5 Å². The van der Waals surface area contributed by atoms with Gasteiger partial charge < -0.3 is 4.74 Å². The van der Waals surface area contributed by atoms with Crippen molar-refractivity contribution in [2.75, 3.05) is 6.26 Å². The molecule has 0 aliphatic rings. The molecule has 0 aliphatic carbocycles. The average Bonchev–Trinajstić information content (AvgIpc) is 3.21. The molecule has 0 fully saturated rings. The first-order valence-corrected chi connectivity index (χ1v) is 10.3. The first-order valence-electron chi connectivity index (χ1n) is 9.09. The fourth-order valence-electron chi connectivity index (χ4n) is 2.99. The van der Waals surface area contributed by atoms with Crippen LogP contribution in [-0.2, 0) is 6.18 Å². The molecule has 0 amide bonds. The van der Waals surface area contributed by atoms with Crippen molar-refractivity contribution in [2.45, 2.75) is 11.1 Å². The molecule has 0 spiro atoms. The number of aromatic nitrogens is 2. The van der Waals surface area contributed by atoms with E-state index in [0.717, 1.165) is 4.90 Å². The second-order valence-electron chi connectivity index (χ2n) is 6.47. The van der Waals surface area contributed by atoms with E-state index in [1.807, 2.05) is 36.6 Å². The maximum absolute atomic E-state index is 13.6. The quantitative estimate of drug-likeness (QED) is 0.319. The molecule has 0 atom stereocenters. The van der Waals surface area contributed by atoms with E-state index in [9.17, 15) is 13.2 Å². The zero-order valence-electron chi connectivity index (χ0n) is 15.9. The third kappa shape index (κ3) is 4.36. The van der Waals surface area contributed by atoms with Crippen molar-refractivity contribution in [2.24, 2.45) is 0 Å². The van der Waals surface area contributed by atoms with Crippen molar-refractivity contribution in [3.8, 4) is 28.3 Å². The Morgan fingerprint density at radius 1 is 0.833 bits per heavy atom. The van der Waals surface area contributed by atoms with E-state index in [0.29, 0.717) is 22.7 Å². The summed E-state index contributed by atoms with van der Waals surface area (Å²) in [6, 6.07) is 23.0. The molecule has 1 heterocycles. The van der Waals surface area contributed by atoms with Gasteiger partial charge in [-0.15, -0.1) is 11.8 Å². The van der Waals surface area contributed by atoms with Crippen molar-refractivity contribution >= 4 is 11.8 Å². The topological polar surface area (TPSA) is 27.1 Å². The number of halogens is 3. The Labute approximate surface area is 176 Å². The van der Waals surface area contributed by atoms with Gasteiger partial charge >= 0.3 is 6.18 Å². The minimum Gasteiger partial charge on any atom is -0.457 e. The maximum atomic E-state index is 13.6. The molecular formula is C23H17F3N2OS. The van der Waals surface area contributed by atoms with Crippen molar-refractivity contribution in [3.05, 3.63) is 90.8 Å². The summed E-state index contributed by atoms with van der Waals surface area (Å²) in [5.74, 6) is 1.26. The SMILES string of the molecule is CSc1ccc(-c2cn(-c3ccc(Oc4ccccc4)cc3)nc2C(F)(F)F)cc1. The largest absolute Gasteiger partial charge is 0.457 e. The van der Waals surface area contributed by atoms with Gasteiger partial charge in [0.25, 0.3) is 0 Å². The smallest absolute Gasteiger partial charge is 0.435 e. The number of rotatable bonds is 5. The monoisotopic (exact) mass is 426 g/mol. The molecule has 3 nitrogen and oxygen atoms in total. The summed E-state index contributed by atoms with van der Waals surface area (Å²) in [4.78, 5) is 0.980. The minimum absolute atomic E-state index is 0.0414. The van der Waals surface area contributed by atoms with Gasteiger partial charge in [0, 0.05) is 16.7 Å². The number of thioether (sulfide) groups is 1. The Morgan fingerprint density at radius 3 is 2.07 bits per heavy atom. The molecule has 152 valence electrons. The summed E-state index contributed by atoms with van der Waals surface area (Å²) in [6.45, 7) is 0. The summed E-state index contributed by atoms with van der Waals surface area (Å²) in [7, 11) is 0. The lowest BCUT2D eigenvalue weighted by atomic mass is 10.1. The molecule has 1 aromatic heterocycles. The molecule has 0 radical (unpaired) electrons. The first-order chi connectivity index (χ1) is 14.4. The van der Waals surface area contributed by atoms with Crippen molar-refractivity contribution < 1.29 is 17.9 Å². The van der Waals surface area contributed by atoms with Gasteiger partial charge in [-0.3, -0.25) is 0 Å². The van der Waals surface area contributed by atoms with E-state index in [4.69, 9.17) is 4.74 Å². The number of nitrogens with zero attached hydrogens (tertiary/aromatic N) is 2. The predicted molar refractivity (Wildman–Crippen MR) is 112 cm³/mol. The van der Waals surface area contributed by atoms with Crippen LogP contribution in [0.15, 0.2) is 90.0 Å². The third-order valence-corrected chi connectivity index (χ3v) is 5.21. The van der Waals surface area contributed by atoms with Crippen LogP contribution in [0.1, 0.15) is 5.69 Å². The second kappa shape index (κ2) is 8.28. The molecule has 0 saturated carbocycles. The van der Waals surface area contributed by atoms with Gasteiger partial charge in [0.1, 0.15) is 11.5 Å². The Kier molecular flexibility index (Phi) is 5.55. The van der Waals surface area contributed by atoms with Gasteiger partial charge in [0.15, 0.2) is 5.69 Å². The van der Waals surface area contributed by atoms with Gasteiger partial charge in [0.2, 0.25) is 0 Å². The zero-order chi connectivity index (χ0) is 21.1. The fraction of sp³-hybridized carbons (Fsp3) is 0.0870. The predicted octanol–water partition coefficient (Wildman–Crippen LogP) is 7.07.